The first-order chi connectivity index (χ1) is 18.5. The summed E-state index contributed by atoms with van der Waals surface area (Å²) in [4.78, 5) is 12.9. The Morgan fingerprint density at radius 2 is 1.77 bits per heavy atom. The van der Waals surface area contributed by atoms with Gasteiger partial charge in [-0.3, -0.25) is 9.35 Å². The fraction of sp³-hybridized carbons (Fsp3) is 0.148. The zero-order chi connectivity index (χ0) is 28.3. The number of anilines is 1. The summed E-state index contributed by atoms with van der Waals surface area (Å²) < 4.78 is 39.0. The summed E-state index contributed by atoms with van der Waals surface area (Å²) in [6.07, 6.45) is 0.176. The van der Waals surface area contributed by atoms with E-state index in [4.69, 9.17) is 27.9 Å². The minimum atomic E-state index is -4.60. The van der Waals surface area contributed by atoms with Gasteiger partial charge < -0.3 is 15.2 Å². The van der Waals surface area contributed by atoms with Crippen LogP contribution in [0, 0.1) is 0 Å². The van der Waals surface area contributed by atoms with Gasteiger partial charge in [0.1, 0.15) is 4.90 Å². The van der Waals surface area contributed by atoms with E-state index in [1.807, 2.05) is 0 Å². The molecule has 0 atom stereocenters. The Bertz CT molecular complexity index is 1730. The molecule has 0 heterocycles. The van der Waals surface area contributed by atoms with Crippen LogP contribution in [0.25, 0.3) is 10.8 Å². The molecule has 0 aromatic heterocycles. The number of halogens is 2. The number of azo groups is 1. The number of fused-ring (bicyclic) bond motifs is 1. The second kappa shape index (κ2) is 13.3. The van der Waals surface area contributed by atoms with Gasteiger partial charge in [-0.1, -0.05) is 66.2 Å². The van der Waals surface area contributed by atoms with Crippen molar-refractivity contribution in [3.63, 3.8) is 0 Å². The molecule has 4 rings (SSSR count). The van der Waals surface area contributed by atoms with Gasteiger partial charge in [0.25, 0.3) is 16.0 Å². The van der Waals surface area contributed by atoms with Crippen molar-refractivity contribution >= 4 is 67.1 Å². The Kier molecular flexibility index (Phi) is 10.6. The van der Waals surface area contributed by atoms with E-state index in [1.165, 1.54) is 12.1 Å². The van der Waals surface area contributed by atoms with Gasteiger partial charge in [0.15, 0.2) is 5.75 Å². The largest absolute Gasteiger partial charge is 1.00 e. The molecule has 0 spiro atoms. The summed E-state index contributed by atoms with van der Waals surface area (Å²) >= 11 is 12.3. The predicted octanol–water partition coefficient (Wildman–Crippen LogP) is 4.10. The molecule has 0 fully saturated rings. The molecule has 0 bridgehead atoms. The quantitative estimate of drug-likeness (QED) is 0.175. The third-order valence-corrected chi connectivity index (χ3v) is 7.20. The molecule has 0 aliphatic heterocycles. The summed E-state index contributed by atoms with van der Waals surface area (Å²) in [7, 11) is -4.60. The Hall–Kier alpha value is -2.70. The molecule has 0 saturated carbocycles. The van der Waals surface area contributed by atoms with E-state index in [0.717, 1.165) is 6.07 Å². The number of rotatable bonds is 8. The molecule has 202 valence electrons. The molecule has 0 aliphatic carbocycles. The van der Waals surface area contributed by atoms with E-state index in [1.54, 1.807) is 56.3 Å². The predicted molar refractivity (Wildman–Crippen MR) is 149 cm³/mol. The smallest absolute Gasteiger partial charge is 0.870 e. The molecular weight excluding hydrogens is 588 g/mol. The minimum Gasteiger partial charge on any atom is -0.870 e. The molecule has 2 N–H and O–H groups in total. The summed E-state index contributed by atoms with van der Waals surface area (Å²) in [6, 6.07) is 15.6. The Balaban J connectivity index is 0.00000441. The van der Waals surface area contributed by atoms with Crippen LogP contribution in [0.3, 0.4) is 0 Å². The van der Waals surface area contributed by atoms with E-state index < -0.39 is 26.7 Å². The second-order valence-electron chi connectivity index (χ2n) is 8.26. The average Bonchev–Trinajstić information content (AvgIpc) is 2.89. The minimum absolute atomic E-state index is 0. The Morgan fingerprint density at radius 3 is 2.45 bits per heavy atom. The van der Waals surface area contributed by atoms with E-state index in [9.17, 15) is 22.9 Å². The van der Waals surface area contributed by atoms with Crippen LogP contribution in [0.5, 0.6) is 11.5 Å². The summed E-state index contributed by atoms with van der Waals surface area (Å²) in [5.41, 5.74) is 0.168. The molecule has 0 unspecified atom stereocenters. The van der Waals surface area contributed by atoms with Crippen LogP contribution in [0.15, 0.2) is 75.8 Å². The average molecular weight is 610 g/mol. The number of benzene rings is 4. The number of amides is 1. The van der Waals surface area contributed by atoms with Crippen LogP contribution in [0.4, 0.5) is 17.1 Å². The molecule has 0 radical (unpaired) electrons. The molecule has 0 aliphatic rings. The third kappa shape index (κ3) is 6.77. The topological polar surface area (TPSA) is 140 Å². The maximum Gasteiger partial charge on any atom is 1.00 e. The van der Waals surface area contributed by atoms with Gasteiger partial charge in [-0.2, -0.15) is 18.6 Å². The zero-order valence-electron chi connectivity index (χ0n) is 21.7. The summed E-state index contributed by atoms with van der Waals surface area (Å²) in [5, 5.41) is 25.7. The third-order valence-electron chi connectivity index (χ3n) is 5.76. The number of carbonyl (C=O) groups excluding carboxylic acids is 1. The van der Waals surface area contributed by atoms with Gasteiger partial charge >= 0.3 is 29.6 Å². The summed E-state index contributed by atoms with van der Waals surface area (Å²) in [6.45, 7) is 3.75. The Labute approximate surface area is 263 Å². The van der Waals surface area contributed by atoms with E-state index >= 15 is 0 Å². The van der Waals surface area contributed by atoms with Gasteiger partial charge in [-0.05, 0) is 49.1 Å². The van der Waals surface area contributed by atoms with Crippen molar-refractivity contribution in [2.75, 3.05) is 11.9 Å². The maximum absolute atomic E-state index is 13.5. The van der Waals surface area contributed by atoms with Crippen LogP contribution in [-0.2, 0) is 16.5 Å². The van der Waals surface area contributed by atoms with Gasteiger partial charge in [-0.15, -0.1) is 0 Å². The van der Waals surface area contributed by atoms with E-state index in [-0.39, 0.29) is 74.9 Å². The monoisotopic (exact) mass is 609 g/mol. The van der Waals surface area contributed by atoms with Crippen molar-refractivity contribution in [2.24, 2.45) is 10.2 Å². The molecule has 13 heteroatoms. The molecule has 40 heavy (non-hydrogen) atoms. The number of hydrogen-bond acceptors (Lipinski definition) is 7. The number of ether oxygens (including phenoxy) is 1. The zero-order valence-corrected chi connectivity index (χ0v) is 26.1. The van der Waals surface area contributed by atoms with Crippen molar-refractivity contribution in [3.05, 3.63) is 81.8 Å². The van der Waals surface area contributed by atoms with Crippen LogP contribution >= 0.6 is 23.2 Å². The van der Waals surface area contributed by atoms with E-state index in [2.05, 4.69) is 15.5 Å². The fourth-order valence-electron chi connectivity index (χ4n) is 4.04. The standard InChI is InChI=1S/C27H23Cl2N3O6S.Na/c1-3-17-22(13-16(28)14-23(17)39(35,36)37)31-32-24-18-9-6-5-8-15(18)12-19(25(24)33)27(34)30-21-11-7-10-20(29)26(21)38-4-2;/h5-14,33H,3-4H2,1-2H3,(H,30,34)(H,35,36,37);/q;+1/p-1. The maximum atomic E-state index is 13.5. The molecule has 9 nitrogen and oxygen atoms in total. The van der Waals surface area contributed by atoms with E-state index in [0.29, 0.717) is 22.4 Å². The van der Waals surface area contributed by atoms with Crippen molar-refractivity contribution in [1.82, 2.24) is 0 Å². The van der Waals surface area contributed by atoms with Crippen LogP contribution in [-0.4, -0.2) is 25.5 Å². The molecule has 0 saturated heterocycles. The first-order valence-electron chi connectivity index (χ1n) is 11.7. The first kappa shape index (κ1) is 31.8. The van der Waals surface area contributed by atoms with Gasteiger partial charge in [0, 0.05) is 21.5 Å². The Morgan fingerprint density at radius 1 is 1.05 bits per heavy atom. The number of carbonyl (C=O) groups is 1. The van der Waals surface area contributed by atoms with Gasteiger partial charge in [-0.25, -0.2) is 0 Å². The number of nitrogens with one attached hydrogen (secondary N) is 1. The van der Waals surface area contributed by atoms with Gasteiger partial charge in [0.05, 0.1) is 28.7 Å². The molecular formula is C27H22Cl2N3NaO6S. The SMILES string of the molecule is CCOc1c(Cl)cccc1NC(=O)c1cc2ccccc2c(N=Nc2cc(Cl)cc(S(=O)(=O)O)c2CC)c1[O-].[Na+]. The van der Waals surface area contributed by atoms with Crippen LogP contribution in [0.2, 0.25) is 10.0 Å². The number of hydrogen-bond donors (Lipinski definition) is 2. The van der Waals surface area contributed by atoms with Crippen LogP contribution < -0.4 is 44.7 Å². The van der Waals surface area contributed by atoms with Crippen molar-refractivity contribution in [3.8, 4) is 11.5 Å². The first-order valence-corrected chi connectivity index (χ1v) is 13.9. The molecule has 4 aromatic carbocycles. The van der Waals surface area contributed by atoms with Crippen LogP contribution in [0.1, 0.15) is 29.8 Å². The number of para-hydroxylation sites is 1. The molecule has 1 amide bonds. The molecule has 4 aromatic rings. The summed E-state index contributed by atoms with van der Waals surface area (Å²) in [5.74, 6) is -1.15. The fourth-order valence-corrected chi connectivity index (χ4v) is 5.38. The second-order valence-corrected chi connectivity index (χ2v) is 10.5. The normalized spacial score (nSPS) is 11.4. The van der Waals surface area contributed by atoms with Crippen molar-refractivity contribution in [2.45, 2.75) is 25.2 Å². The van der Waals surface area contributed by atoms with Gasteiger partial charge in [0.2, 0.25) is 0 Å². The van der Waals surface area contributed by atoms with Crippen molar-refractivity contribution < 1.29 is 57.2 Å². The number of nitrogens with zero attached hydrogens (tertiary/aromatic N) is 2. The van der Waals surface area contributed by atoms with Crippen molar-refractivity contribution in [1.29, 1.82) is 0 Å².